The zero-order chi connectivity index (χ0) is 12.7. The van der Waals surface area contributed by atoms with E-state index in [2.05, 4.69) is 10.3 Å². The molecule has 0 aliphatic rings. The van der Waals surface area contributed by atoms with Crippen LogP contribution in [-0.4, -0.2) is 39.9 Å². The number of nitrogens with zero attached hydrogens (tertiary/aromatic N) is 1. The second-order valence-electron chi connectivity index (χ2n) is 3.99. The van der Waals surface area contributed by atoms with E-state index < -0.39 is 12.2 Å². The number of amides is 1. The Labute approximate surface area is 99.8 Å². The summed E-state index contributed by atoms with van der Waals surface area (Å²) in [5, 5.41) is 20.7. The number of hydrogen-bond acceptors (Lipinski definition) is 4. The normalized spacial score (nSPS) is 14.5. The van der Waals surface area contributed by atoms with Gasteiger partial charge in [0, 0.05) is 25.0 Å². The van der Waals surface area contributed by atoms with Gasteiger partial charge in [0.15, 0.2) is 0 Å². The molecule has 0 bridgehead atoms. The van der Waals surface area contributed by atoms with Gasteiger partial charge in [0.05, 0.1) is 6.61 Å². The van der Waals surface area contributed by atoms with Crippen LogP contribution in [0.25, 0.3) is 6.08 Å². The van der Waals surface area contributed by atoms with Gasteiger partial charge in [-0.1, -0.05) is 6.07 Å². The minimum atomic E-state index is -1.29. The smallest absolute Gasteiger partial charge is 0.244 e. The Bertz CT molecular complexity index is 388. The second-order valence-corrected chi connectivity index (χ2v) is 3.99. The topological polar surface area (TPSA) is 82.5 Å². The summed E-state index contributed by atoms with van der Waals surface area (Å²) in [5.41, 5.74) is -0.478. The van der Waals surface area contributed by atoms with Gasteiger partial charge in [-0.15, -0.1) is 0 Å². The summed E-state index contributed by atoms with van der Waals surface area (Å²) in [5.74, 6) is -0.331. The van der Waals surface area contributed by atoms with Crippen molar-refractivity contribution in [2.24, 2.45) is 0 Å². The zero-order valence-corrected chi connectivity index (χ0v) is 9.63. The van der Waals surface area contributed by atoms with Crippen molar-refractivity contribution in [2.45, 2.75) is 12.5 Å². The Morgan fingerprint density at radius 1 is 1.65 bits per heavy atom. The van der Waals surface area contributed by atoms with Crippen molar-refractivity contribution in [3.63, 3.8) is 0 Å². The molecule has 0 saturated heterocycles. The van der Waals surface area contributed by atoms with Crippen molar-refractivity contribution in [1.29, 1.82) is 0 Å². The maximum absolute atomic E-state index is 11.4. The predicted octanol–water partition coefficient (Wildman–Crippen LogP) is -0.0457. The second kappa shape index (κ2) is 6.12. The molecule has 1 aromatic rings. The summed E-state index contributed by atoms with van der Waals surface area (Å²) >= 11 is 0. The Morgan fingerprint density at radius 3 is 3.00 bits per heavy atom. The van der Waals surface area contributed by atoms with E-state index in [9.17, 15) is 9.90 Å². The van der Waals surface area contributed by atoms with Gasteiger partial charge in [0.1, 0.15) is 5.60 Å². The highest BCUT2D eigenvalue weighted by Gasteiger charge is 2.18. The first-order valence-corrected chi connectivity index (χ1v) is 5.23. The van der Waals surface area contributed by atoms with Crippen LogP contribution in [0.3, 0.4) is 0 Å². The predicted molar refractivity (Wildman–Crippen MR) is 64.0 cm³/mol. The van der Waals surface area contributed by atoms with Gasteiger partial charge in [0.2, 0.25) is 5.91 Å². The molecule has 3 N–H and O–H groups in total. The van der Waals surface area contributed by atoms with E-state index in [1.807, 2.05) is 6.07 Å². The molecule has 0 saturated carbocycles. The lowest BCUT2D eigenvalue weighted by molar-refractivity contribution is -0.117. The molecule has 17 heavy (non-hydrogen) atoms. The standard InChI is InChI=1S/C12H16N2O3/c1-12(17,9-15)8-14-11(16)5-4-10-3-2-6-13-7-10/h2-7,15,17H,8-9H2,1H3,(H,14,16). The fourth-order valence-corrected chi connectivity index (χ4v) is 1.04. The fourth-order valence-electron chi connectivity index (χ4n) is 1.04. The first-order chi connectivity index (χ1) is 8.03. The highest BCUT2D eigenvalue weighted by molar-refractivity contribution is 5.91. The van der Waals surface area contributed by atoms with Crippen molar-refractivity contribution in [3.05, 3.63) is 36.2 Å². The van der Waals surface area contributed by atoms with Crippen LogP contribution in [0, 0.1) is 0 Å². The molecule has 1 heterocycles. The highest BCUT2D eigenvalue weighted by atomic mass is 16.3. The van der Waals surface area contributed by atoms with Gasteiger partial charge in [0.25, 0.3) is 0 Å². The van der Waals surface area contributed by atoms with Crippen LogP contribution in [0.1, 0.15) is 12.5 Å². The molecule has 5 nitrogen and oxygen atoms in total. The monoisotopic (exact) mass is 236 g/mol. The molecule has 1 aromatic heterocycles. The number of aliphatic hydroxyl groups excluding tert-OH is 1. The van der Waals surface area contributed by atoms with Crippen molar-refractivity contribution in [3.8, 4) is 0 Å². The Hall–Kier alpha value is -1.72. The lowest BCUT2D eigenvalue weighted by atomic mass is 10.1. The molecule has 92 valence electrons. The van der Waals surface area contributed by atoms with Gasteiger partial charge in [-0.05, 0) is 24.6 Å². The lowest BCUT2D eigenvalue weighted by Crippen LogP contribution is -2.42. The maximum atomic E-state index is 11.4. The largest absolute Gasteiger partial charge is 0.393 e. The van der Waals surface area contributed by atoms with Crippen LogP contribution < -0.4 is 5.32 Å². The molecule has 1 unspecified atom stereocenters. The van der Waals surface area contributed by atoms with E-state index in [4.69, 9.17) is 5.11 Å². The minimum Gasteiger partial charge on any atom is -0.393 e. The van der Waals surface area contributed by atoms with Gasteiger partial charge in [-0.3, -0.25) is 9.78 Å². The van der Waals surface area contributed by atoms with Gasteiger partial charge in [-0.2, -0.15) is 0 Å². The third-order valence-corrected chi connectivity index (χ3v) is 2.10. The van der Waals surface area contributed by atoms with E-state index in [1.54, 1.807) is 24.5 Å². The third-order valence-electron chi connectivity index (χ3n) is 2.10. The third kappa shape index (κ3) is 5.24. The van der Waals surface area contributed by atoms with Crippen LogP contribution in [0.4, 0.5) is 0 Å². The summed E-state index contributed by atoms with van der Waals surface area (Å²) in [6, 6.07) is 3.59. The maximum Gasteiger partial charge on any atom is 0.244 e. The van der Waals surface area contributed by atoms with Crippen LogP contribution in [0.15, 0.2) is 30.6 Å². The highest BCUT2D eigenvalue weighted by Crippen LogP contribution is 2.00. The molecule has 0 spiro atoms. The van der Waals surface area contributed by atoms with Crippen LogP contribution >= 0.6 is 0 Å². The lowest BCUT2D eigenvalue weighted by Gasteiger charge is -2.19. The van der Waals surface area contributed by atoms with E-state index >= 15 is 0 Å². The number of aromatic nitrogens is 1. The number of carbonyl (C=O) groups is 1. The van der Waals surface area contributed by atoms with Gasteiger partial charge >= 0.3 is 0 Å². The summed E-state index contributed by atoms with van der Waals surface area (Å²) in [7, 11) is 0. The minimum absolute atomic E-state index is 0.000285. The SMILES string of the molecule is CC(O)(CO)CNC(=O)C=Cc1cccnc1. The molecule has 0 aromatic carbocycles. The first kappa shape index (κ1) is 13.3. The van der Waals surface area contributed by atoms with Crippen LogP contribution in [0.2, 0.25) is 0 Å². The molecule has 1 atom stereocenters. The molecule has 0 radical (unpaired) electrons. The van der Waals surface area contributed by atoms with Crippen LogP contribution in [0.5, 0.6) is 0 Å². The zero-order valence-electron chi connectivity index (χ0n) is 9.63. The average Bonchev–Trinajstić information content (AvgIpc) is 2.35. The number of rotatable bonds is 5. The van der Waals surface area contributed by atoms with E-state index in [-0.39, 0.29) is 12.5 Å². The molecule has 5 heteroatoms. The fraction of sp³-hybridized carbons (Fsp3) is 0.333. The van der Waals surface area contributed by atoms with E-state index in [1.165, 1.54) is 13.0 Å². The molecular weight excluding hydrogens is 220 g/mol. The van der Waals surface area contributed by atoms with Gasteiger partial charge < -0.3 is 15.5 Å². The molecule has 0 aliphatic heterocycles. The first-order valence-electron chi connectivity index (χ1n) is 5.23. The summed E-state index contributed by atoms with van der Waals surface area (Å²) in [6.45, 7) is 1.04. The number of carbonyl (C=O) groups excluding carboxylic acids is 1. The molecular formula is C12H16N2O3. The van der Waals surface area contributed by atoms with Crippen molar-refractivity contribution in [1.82, 2.24) is 10.3 Å². The van der Waals surface area contributed by atoms with Crippen molar-refractivity contribution in [2.75, 3.05) is 13.2 Å². The van der Waals surface area contributed by atoms with Crippen LogP contribution in [-0.2, 0) is 4.79 Å². The molecule has 1 rings (SSSR count). The quantitative estimate of drug-likeness (QED) is 0.626. The van der Waals surface area contributed by atoms with Crippen molar-refractivity contribution < 1.29 is 15.0 Å². The summed E-state index contributed by atoms with van der Waals surface area (Å²) < 4.78 is 0. The Balaban J connectivity index is 2.43. The molecule has 1 amide bonds. The van der Waals surface area contributed by atoms with E-state index in [0.717, 1.165) is 5.56 Å². The average molecular weight is 236 g/mol. The number of hydrogen-bond donors (Lipinski definition) is 3. The Morgan fingerprint density at radius 2 is 2.41 bits per heavy atom. The number of aliphatic hydroxyl groups is 2. The van der Waals surface area contributed by atoms with Crippen molar-refractivity contribution >= 4 is 12.0 Å². The summed E-state index contributed by atoms with van der Waals surface area (Å²) in [4.78, 5) is 15.3. The van der Waals surface area contributed by atoms with E-state index in [0.29, 0.717) is 0 Å². The number of pyridine rings is 1. The van der Waals surface area contributed by atoms with Gasteiger partial charge in [-0.25, -0.2) is 0 Å². The molecule has 0 fully saturated rings. The number of nitrogens with one attached hydrogen (secondary N) is 1. The summed E-state index contributed by atoms with van der Waals surface area (Å²) in [6.07, 6.45) is 6.25. The molecule has 0 aliphatic carbocycles. The Kier molecular flexibility index (Phi) is 4.81.